The molecule has 7 N–H and O–H groups in total. The van der Waals surface area contributed by atoms with E-state index in [-0.39, 0.29) is 35.1 Å². The zero-order chi connectivity index (χ0) is 29.7. The minimum Gasteiger partial charge on any atom is -0.387 e. The molecule has 0 radical (unpaired) electrons. The lowest BCUT2D eigenvalue weighted by atomic mass is 10.0. The molecule has 0 aliphatic carbocycles. The summed E-state index contributed by atoms with van der Waals surface area (Å²) in [4.78, 5) is 50.2. The molecular weight excluding hydrogens is 558 g/mol. The van der Waals surface area contributed by atoms with E-state index in [1.165, 1.54) is 29.4 Å². The molecule has 4 heterocycles. The Hall–Kier alpha value is -5.06. The van der Waals surface area contributed by atoms with Gasteiger partial charge in [-0.3, -0.25) is 19.0 Å². The third-order valence-corrected chi connectivity index (χ3v) is 7.11. The number of amides is 3. The lowest BCUT2D eigenvalue weighted by molar-refractivity contribution is -0.0338. The fraction of sp³-hybridized carbons (Fsp3) is 0.231. The number of imidazole rings is 1. The number of aromatic nitrogens is 4. The molecular formula is C26H22F2N8O6. The molecule has 42 heavy (non-hydrogen) atoms. The van der Waals surface area contributed by atoms with Crippen LogP contribution in [0.25, 0.3) is 11.2 Å². The summed E-state index contributed by atoms with van der Waals surface area (Å²) in [6, 6.07) is 5.95. The normalized spacial score (nSPS) is 21.3. The highest BCUT2D eigenvalue weighted by Crippen LogP contribution is 2.32. The second-order valence-electron chi connectivity index (χ2n) is 9.59. The molecule has 1 fully saturated rings. The molecule has 2 aromatic heterocycles. The van der Waals surface area contributed by atoms with Crippen molar-refractivity contribution >= 4 is 40.4 Å². The van der Waals surface area contributed by atoms with Crippen LogP contribution in [-0.4, -0.2) is 72.3 Å². The number of fused-ring (bicyclic) bond motifs is 2. The summed E-state index contributed by atoms with van der Waals surface area (Å²) < 4.78 is 36.9. The van der Waals surface area contributed by atoms with E-state index >= 15 is 0 Å². The molecule has 0 spiro atoms. The van der Waals surface area contributed by atoms with E-state index in [0.717, 1.165) is 0 Å². The quantitative estimate of drug-likeness (QED) is 0.183. The van der Waals surface area contributed by atoms with Gasteiger partial charge < -0.3 is 36.6 Å². The molecule has 0 saturated carbocycles. The smallest absolute Gasteiger partial charge is 0.259 e. The van der Waals surface area contributed by atoms with Gasteiger partial charge in [0.1, 0.15) is 41.8 Å². The van der Waals surface area contributed by atoms with Gasteiger partial charge in [-0.2, -0.15) is 0 Å². The highest BCUT2D eigenvalue weighted by atomic mass is 19.1. The average molecular weight is 581 g/mol. The number of nitrogens with one attached hydrogen (secondary N) is 3. The number of benzene rings is 2. The number of aliphatic hydroxyl groups excluding tert-OH is 2. The van der Waals surface area contributed by atoms with Gasteiger partial charge in [0, 0.05) is 29.9 Å². The molecule has 0 bridgehead atoms. The van der Waals surface area contributed by atoms with Crippen LogP contribution in [0.3, 0.4) is 0 Å². The summed E-state index contributed by atoms with van der Waals surface area (Å²) in [6.45, 7) is -0.330. The molecule has 4 aromatic rings. The summed E-state index contributed by atoms with van der Waals surface area (Å²) in [5.41, 5.74) is 5.48. The Kier molecular flexibility index (Phi) is 6.72. The molecule has 16 heteroatoms. The number of carbonyl (C=O) groups is 3. The molecule has 1 saturated heterocycles. The van der Waals surface area contributed by atoms with Crippen LogP contribution < -0.4 is 21.7 Å². The number of nitrogens with zero attached hydrogens (tertiary/aromatic N) is 4. The van der Waals surface area contributed by atoms with Gasteiger partial charge in [-0.25, -0.2) is 23.7 Å². The first-order chi connectivity index (χ1) is 20.2. The number of nitrogen functional groups attached to an aromatic ring is 1. The first-order valence-electron chi connectivity index (χ1n) is 12.6. The number of carbonyl (C=O) groups excluding carboxylic acids is 3. The maximum absolute atomic E-state index is 14.9. The molecule has 2 aromatic carbocycles. The van der Waals surface area contributed by atoms with E-state index in [1.54, 1.807) is 6.07 Å². The first kappa shape index (κ1) is 27.1. The van der Waals surface area contributed by atoms with Crippen LogP contribution in [0.15, 0.2) is 43.0 Å². The highest BCUT2D eigenvalue weighted by molar-refractivity contribution is 6.13. The monoisotopic (exact) mass is 580 g/mol. The van der Waals surface area contributed by atoms with Crippen LogP contribution in [0.1, 0.15) is 42.9 Å². The number of nitrogens with two attached hydrogens (primary N) is 1. The fourth-order valence-corrected chi connectivity index (χ4v) is 5.02. The van der Waals surface area contributed by atoms with Crippen molar-refractivity contribution in [3.63, 3.8) is 0 Å². The SMILES string of the molecule is Nc1ncnc2c1ncn2[C@@H]1OC(CNC(=O)c2c(F)ccc(F)c2C(=O)Nc2cccc3c2CNC3=O)[C@@H](O)[C@H]1O. The lowest BCUT2D eigenvalue weighted by Gasteiger charge is -2.17. The van der Waals surface area contributed by atoms with E-state index in [0.29, 0.717) is 23.3 Å². The number of halogens is 2. The van der Waals surface area contributed by atoms with Gasteiger partial charge in [0.15, 0.2) is 17.7 Å². The van der Waals surface area contributed by atoms with Gasteiger partial charge in [0.05, 0.1) is 17.5 Å². The van der Waals surface area contributed by atoms with Gasteiger partial charge in [-0.1, -0.05) is 6.07 Å². The molecule has 4 atom stereocenters. The van der Waals surface area contributed by atoms with Crippen LogP contribution in [0.5, 0.6) is 0 Å². The molecule has 1 unspecified atom stereocenters. The van der Waals surface area contributed by atoms with Crippen molar-refractivity contribution in [3.05, 3.63) is 76.9 Å². The largest absolute Gasteiger partial charge is 0.387 e. The predicted octanol–water partition coefficient (Wildman–Crippen LogP) is 0.232. The maximum atomic E-state index is 14.9. The van der Waals surface area contributed by atoms with Crippen molar-refractivity contribution in [3.8, 4) is 0 Å². The predicted molar refractivity (Wildman–Crippen MR) is 140 cm³/mol. The standard InChI is InChI=1S/C26H22F2N8O6/c27-12-4-5-13(28)17(25(41)35-14-3-1-2-10-11(14)6-30-23(10)39)16(12)24(40)31-7-15-19(37)20(38)26(42-15)36-9-34-18-21(29)32-8-33-22(18)36/h1-5,8-9,15,19-20,26,37-38H,6-7H2,(H,30,39)(H,31,40)(H,35,41)(H2,29,32,33)/t15?,19-,20-,26-/m1/s1. The van der Waals surface area contributed by atoms with Crippen LogP contribution in [0.4, 0.5) is 20.3 Å². The van der Waals surface area contributed by atoms with Crippen LogP contribution >= 0.6 is 0 Å². The van der Waals surface area contributed by atoms with Crippen molar-refractivity contribution in [2.24, 2.45) is 0 Å². The third kappa shape index (κ3) is 4.47. The summed E-state index contributed by atoms with van der Waals surface area (Å²) in [7, 11) is 0. The van der Waals surface area contributed by atoms with Gasteiger partial charge in [-0.05, 0) is 24.3 Å². The molecule has 14 nitrogen and oxygen atoms in total. The molecule has 3 amide bonds. The van der Waals surface area contributed by atoms with E-state index in [4.69, 9.17) is 10.5 Å². The van der Waals surface area contributed by atoms with Crippen molar-refractivity contribution in [1.29, 1.82) is 0 Å². The Bertz CT molecular complexity index is 1760. The zero-order valence-electron chi connectivity index (χ0n) is 21.4. The number of ether oxygens (including phenoxy) is 1. The summed E-state index contributed by atoms with van der Waals surface area (Å²) in [5, 5.41) is 28.6. The van der Waals surface area contributed by atoms with Crippen LogP contribution in [0.2, 0.25) is 0 Å². The Morgan fingerprint density at radius 2 is 1.81 bits per heavy atom. The Labute approximate surface area is 234 Å². The molecule has 2 aliphatic heterocycles. The van der Waals surface area contributed by atoms with Gasteiger partial charge in [-0.15, -0.1) is 0 Å². The highest BCUT2D eigenvalue weighted by Gasteiger charge is 2.44. The number of rotatable bonds is 6. The lowest BCUT2D eigenvalue weighted by Crippen LogP contribution is -2.40. The molecule has 216 valence electrons. The second kappa shape index (κ2) is 10.4. The van der Waals surface area contributed by atoms with Crippen molar-refractivity contribution in [2.75, 3.05) is 17.6 Å². The minimum atomic E-state index is -1.51. The van der Waals surface area contributed by atoms with Gasteiger partial charge >= 0.3 is 0 Å². The van der Waals surface area contributed by atoms with Crippen LogP contribution in [0, 0.1) is 11.6 Å². The number of hydrogen-bond donors (Lipinski definition) is 6. The third-order valence-electron chi connectivity index (χ3n) is 7.11. The van der Waals surface area contributed by atoms with Gasteiger partial charge in [0.2, 0.25) is 0 Å². The summed E-state index contributed by atoms with van der Waals surface area (Å²) in [5.74, 6) is -4.89. The summed E-state index contributed by atoms with van der Waals surface area (Å²) >= 11 is 0. The maximum Gasteiger partial charge on any atom is 0.259 e. The number of anilines is 2. The fourth-order valence-electron chi connectivity index (χ4n) is 5.02. The average Bonchev–Trinajstić information content (AvgIpc) is 3.65. The Balaban J connectivity index is 1.21. The van der Waals surface area contributed by atoms with Crippen molar-refractivity contribution in [1.82, 2.24) is 30.2 Å². The van der Waals surface area contributed by atoms with Gasteiger partial charge in [0.25, 0.3) is 17.7 Å². The summed E-state index contributed by atoms with van der Waals surface area (Å²) in [6.07, 6.45) is -2.89. The topological polar surface area (TPSA) is 207 Å². The second-order valence-corrected chi connectivity index (χ2v) is 9.59. The molecule has 6 rings (SSSR count). The number of aliphatic hydroxyl groups is 2. The van der Waals surface area contributed by atoms with E-state index in [2.05, 4.69) is 30.9 Å². The van der Waals surface area contributed by atoms with E-state index in [9.17, 15) is 33.4 Å². The number of hydrogen-bond acceptors (Lipinski definition) is 10. The Morgan fingerprint density at radius 1 is 1.07 bits per heavy atom. The van der Waals surface area contributed by atoms with E-state index < -0.39 is 65.7 Å². The minimum absolute atomic E-state index is 0.0920. The van der Waals surface area contributed by atoms with E-state index in [1.807, 2.05) is 0 Å². The van der Waals surface area contributed by atoms with Crippen molar-refractivity contribution in [2.45, 2.75) is 31.1 Å². The van der Waals surface area contributed by atoms with Crippen LogP contribution in [-0.2, 0) is 11.3 Å². The molecule has 2 aliphatic rings. The zero-order valence-corrected chi connectivity index (χ0v) is 21.4. The first-order valence-corrected chi connectivity index (χ1v) is 12.6. The van der Waals surface area contributed by atoms with Crippen molar-refractivity contribution < 1.29 is 38.1 Å². The Morgan fingerprint density at radius 3 is 2.57 bits per heavy atom.